The fraction of sp³-hybridized carbons (Fsp3) is 0.300. The van der Waals surface area contributed by atoms with Gasteiger partial charge in [0.25, 0.3) is 11.8 Å². The zero-order valence-corrected chi connectivity index (χ0v) is 25.1. The van der Waals surface area contributed by atoms with Gasteiger partial charge in [-0.2, -0.15) is 4.31 Å². The minimum Gasteiger partial charge on any atom is -0.486 e. The molecule has 0 radical (unpaired) electrons. The Balaban J connectivity index is 1.51. The highest BCUT2D eigenvalue weighted by atomic mass is 32.2. The van der Waals surface area contributed by atoms with Crippen LogP contribution in [0.25, 0.3) is 10.2 Å². The maximum atomic E-state index is 13.7. The molecule has 2 N–H and O–H groups in total. The van der Waals surface area contributed by atoms with E-state index in [1.54, 1.807) is 48.2 Å². The monoisotopic (exact) mass is 608 g/mol. The summed E-state index contributed by atoms with van der Waals surface area (Å²) in [5.74, 6) is -1.03. The summed E-state index contributed by atoms with van der Waals surface area (Å²) in [6.07, 6.45) is -0.700. The van der Waals surface area contributed by atoms with Crippen LogP contribution in [0, 0.1) is 5.92 Å². The van der Waals surface area contributed by atoms with Crippen molar-refractivity contribution in [3.63, 3.8) is 0 Å². The van der Waals surface area contributed by atoms with Crippen LogP contribution in [-0.4, -0.2) is 78.4 Å². The van der Waals surface area contributed by atoms with Crippen LogP contribution in [-0.2, 0) is 10.0 Å². The smallest absolute Gasteiger partial charge is 0.284 e. The molecule has 0 saturated carbocycles. The van der Waals surface area contributed by atoms with E-state index in [-0.39, 0.29) is 58.4 Å². The summed E-state index contributed by atoms with van der Waals surface area (Å²) in [6.45, 7) is 3.56. The number of rotatable bonds is 8. The number of aliphatic hydroxyl groups excluding tert-OH is 1. The number of aliphatic hydroxyl groups is 1. The maximum absolute atomic E-state index is 13.7. The molecule has 3 atom stereocenters. The average Bonchev–Trinajstić information content (AvgIpc) is 3.44. The molecule has 10 nitrogen and oxygen atoms in total. The molecule has 1 aromatic heterocycles. The van der Waals surface area contributed by atoms with Crippen LogP contribution in [0.5, 0.6) is 5.75 Å². The van der Waals surface area contributed by atoms with E-state index < -0.39 is 28.1 Å². The zero-order valence-electron chi connectivity index (χ0n) is 23.4. The molecule has 2 amide bonds. The van der Waals surface area contributed by atoms with E-state index in [1.165, 1.54) is 34.8 Å². The highest BCUT2D eigenvalue weighted by Gasteiger charge is 2.36. The summed E-state index contributed by atoms with van der Waals surface area (Å²) >= 11 is 1.25. The standard InChI is InChI=1S/C30H32N4O6S2/c1-19-16-34(20(2)18-35)30(37)22-12-9-14-24(31-28(36)29-32-23-13-7-8-15-26(23)41-29)27(22)40-25(19)17-33(3)42(38,39)21-10-5-4-6-11-21/h4-15,19-20,25,35H,16-18H2,1-3H3,(H,31,36)/t19-,20+,25-/m1/s1. The normalized spacial score (nSPS) is 18.2. The molecule has 0 fully saturated rings. The van der Waals surface area contributed by atoms with Crippen LogP contribution >= 0.6 is 11.3 Å². The van der Waals surface area contributed by atoms with E-state index in [4.69, 9.17) is 4.74 Å². The quantitative estimate of drug-likeness (QED) is 0.308. The van der Waals surface area contributed by atoms with Crippen molar-refractivity contribution in [2.24, 2.45) is 5.92 Å². The van der Waals surface area contributed by atoms with Gasteiger partial charge >= 0.3 is 0 Å². The van der Waals surface area contributed by atoms with Gasteiger partial charge < -0.3 is 20.1 Å². The van der Waals surface area contributed by atoms with Crippen molar-refractivity contribution in [2.45, 2.75) is 30.9 Å². The topological polar surface area (TPSA) is 129 Å². The molecule has 0 spiro atoms. The molecular formula is C30H32N4O6S2. The van der Waals surface area contributed by atoms with Gasteiger partial charge in [-0.25, -0.2) is 13.4 Å². The highest BCUT2D eigenvalue weighted by molar-refractivity contribution is 7.89. The summed E-state index contributed by atoms with van der Waals surface area (Å²) in [4.78, 5) is 33.2. The Hall–Kier alpha value is -3.84. The summed E-state index contributed by atoms with van der Waals surface area (Å²) < 4.78 is 35.2. The first-order chi connectivity index (χ1) is 20.1. The second-order valence-corrected chi connectivity index (χ2v) is 13.4. The van der Waals surface area contributed by atoms with E-state index in [1.807, 2.05) is 31.2 Å². The van der Waals surface area contributed by atoms with E-state index in [0.29, 0.717) is 5.52 Å². The third-order valence-corrected chi connectivity index (χ3v) is 10.2. The summed E-state index contributed by atoms with van der Waals surface area (Å²) in [7, 11) is -2.34. The van der Waals surface area contributed by atoms with Crippen molar-refractivity contribution >= 4 is 49.1 Å². The molecule has 5 rings (SSSR count). The molecule has 3 aromatic carbocycles. The second kappa shape index (κ2) is 12.2. The number of sulfonamides is 1. The molecule has 220 valence electrons. The molecule has 12 heteroatoms. The van der Waals surface area contributed by atoms with Gasteiger partial charge in [-0.1, -0.05) is 43.3 Å². The van der Waals surface area contributed by atoms with Crippen LogP contribution in [0.15, 0.2) is 77.7 Å². The van der Waals surface area contributed by atoms with E-state index in [0.717, 1.165) is 4.70 Å². The lowest BCUT2D eigenvalue weighted by Crippen LogP contribution is -2.50. The predicted octanol–water partition coefficient (Wildman–Crippen LogP) is 4.09. The van der Waals surface area contributed by atoms with Crippen molar-refractivity contribution in [3.05, 3.63) is 83.4 Å². The number of aromatic nitrogens is 1. The third kappa shape index (κ3) is 5.88. The minimum atomic E-state index is -3.83. The van der Waals surface area contributed by atoms with E-state index in [9.17, 15) is 23.1 Å². The molecule has 0 bridgehead atoms. The predicted molar refractivity (Wildman–Crippen MR) is 161 cm³/mol. The maximum Gasteiger partial charge on any atom is 0.284 e. The number of carbonyl (C=O) groups excluding carboxylic acids is 2. The van der Waals surface area contributed by atoms with Crippen LogP contribution in [0.1, 0.15) is 34.0 Å². The number of carbonyl (C=O) groups is 2. The molecule has 0 unspecified atom stereocenters. The Kier molecular flexibility index (Phi) is 8.60. The number of benzene rings is 3. The summed E-state index contributed by atoms with van der Waals surface area (Å²) in [6, 6.07) is 19.9. The van der Waals surface area contributed by atoms with Crippen molar-refractivity contribution in [3.8, 4) is 5.75 Å². The first-order valence-electron chi connectivity index (χ1n) is 13.5. The largest absolute Gasteiger partial charge is 0.486 e. The van der Waals surface area contributed by atoms with Gasteiger partial charge in [0, 0.05) is 19.5 Å². The van der Waals surface area contributed by atoms with Crippen LogP contribution in [0.4, 0.5) is 5.69 Å². The first kappa shape index (κ1) is 29.6. The summed E-state index contributed by atoms with van der Waals surface area (Å²) in [5, 5.41) is 13.0. The lowest BCUT2D eigenvalue weighted by atomic mass is 9.99. The number of nitrogens with zero attached hydrogens (tertiary/aromatic N) is 3. The molecule has 1 aliphatic rings. The van der Waals surface area contributed by atoms with Crippen LogP contribution < -0.4 is 10.1 Å². The number of ether oxygens (including phenoxy) is 1. The average molecular weight is 609 g/mol. The number of hydrogen-bond acceptors (Lipinski definition) is 8. The molecule has 2 heterocycles. The molecule has 4 aromatic rings. The highest BCUT2D eigenvalue weighted by Crippen LogP contribution is 2.36. The van der Waals surface area contributed by atoms with Crippen molar-refractivity contribution in [1.82, 2.24) is 14.2 Å². The number of para-hydroxylation sites is 2. The van der Waals surface area contributed by atoms with Gasteiger partial charge in [0.15, 0.2) is 10.8 Å². The lowest BCUT2D eigenvalue weighted by Gasteiger charge is -2.38. The van der Waals surface area contributed by atoms with Crippen molar-refractivity contribution in [2.75, 3.05) is 32.1 Å². The third-order valence-electron chi connectivity index (χ3n) is 7.32. The number of amides is 2. The Morgan fingerprint density at radius 3 is 2.57 bits per heavy atom. The molecule has 42 heavy (non-hydrogen) atoms. The Morgan fingerprint density at radius 1 is 1.14 bits per heavy atom. The van der Waals surface area contributed by atoms with Crippen molar-refractivity contribution in [1.29, 1.82) is 0 Å². The van der Waals surface area contributed by atoms with Gasteiger partial charge in [-0.15, -0.1) is 11.3 Å². The van der Waals surface area contributed by atoms with Gasteiger partial charge in [-0.05, 0) is 43.3 Å². The van der Waals surface area contributed by atoms with Crippen LogP contribution in [0.2, 0.25) is 0 Å². The number of nitrogens with one attached hydrogen (secondary N) is 1. The number of fused-ring (bicyclic) bond motifs is 2. The molecular weight excluding hydrogens is 576 g/mol. The molecule has 0 saturated heterocycles. The number of thiazole rings is 1. The van der Waals surface area contributed by atoms with Gasteiger partial charge in [-0.3, -0.25) is 9.59 Å². The number of likely N-dealkylation sites (N-methyl/N-ethyl adjacent to an activating group) is 1. The number of anilines is 1. The lowest BCUT2D eigenvalue weighted by molar-refractivity contribution is 0.0388. The van der Waals surface area contributed by atoms with Crippen molar-refractivity contribution < 1.29 is 27.9 Å². The first-order valence-corrected chi connectivity index (χ1v) is 15.8. The SMILES string of the molecule is C[C@@H]1CN([C@@H](C)CO)C(=O)c2cccc(NC(=O)c3nc4ccccc4s3)c2O[C@@H]1CN(C)S(=O)(=O)c1ccccc1. The summed E-state index contributed by atoms with van der Waals surface area (Å²) in [5.41, 5.74) is 1.16. The van der Waals surface area contributed by atoms with Crippen LogP contribution in [0.3, 0.4) is 0 Å². The van der Waals surface area contributed by atoms with E-state index >= 15 is 0 Å². The Labute approximate surface area is 248 Å². The van der Waals surface area contributed by atoms with Gasteiger partial charge in [0.2, 0.25) is 10.0 Å². The van der Waals surface area contributed by atoms with Gasteiger partial charge in [0.1, 0.15) is 6.10 Å². The van der Waals surface area contributed by atoms with Gasteiger partial charge in [0.05, 0.1) is 45.6 Å². The minimum absolute atomic E-state index is 0.0203. The molecule has 0 aliphatic carbocycles. The van der Waals surface area contributed by atoms with E-state index in [2.05, 4.69) is 10.3 Å². The molecule has 1 aliphatic heterocycles. The second-order valence-electron chi connectivity index (χ2n) is 10.3. The Bertz CT molecular complexity index is 1680. The zero-order chi connectivity index (χ0) is 30.0. The Morgan fingerprint density at radius 2 is 1.86 bits per heavy atom. The number of hydrogen-bond donors (Lipinski definition) is 2. The fourth-order valence-corrected chi connectivity index (χ4v) is 6.89. The fourth-order valence-electron chi connectivity index (χ4n) is 4.83.